The van der Waals surface area contributed by atoms with Crippen LogP contribution < -0.4 is 16.0 Å². The predicted molar refractivity (Wildman–Crippen MR) is 82.9 cm³/mol. The molecule has 21 heavy (non-hydrogen) atoms. The highest BCUT2D eigenvalue weighted by Gasteiger charge is 2.38. The van der Waals surface area contributed by atoms with Crippen molar-refractivity contribution in [3.05, 3.63) is 0 Å². The van der Waals surface area contributed by atoms with Gasteiger partial charge in [0.1, 0.15) is 0 Å². The van der Waals surface area contributed by atoms with E-state index in [1.807, 2.05) is 0 Å². The van der Waals surface area contributed by atoms with Crippen LogP contribution in [0.3, 0.4) is 0 Å². The molecule has 1 saturated carbocycles. The Morgan fingerprint density at radius 1 is 1.33 bits per heavy atom. The maximum atomic E-state index is 12.5. The molecule has 0 spiro atoms. The van der Waals surface area contributed by atoms with Gasteiger partial charge in [-0.2, -0.15) is 0 Å². The molecular formula is C16H29N3O2. The fourth-order valence-corrected chi connectivity index (χ4v) is 3.13. The lowest BCUT2D eigenvalue weighted by Crippen LogP contribution is -2.50. The van der Waals surface area contributed by atoms with Gasteiger partial charge in [-0.15, -0.1) is 0 Å². The summed E-state index contributed by atoms with van der Waals surface area (Å²) in [5.74, 6) is 0.286. The van der Waals surface area contributed by atoms with E-state index in [9.17, 15) is 9.59 Å². The van der Waals surface area contributed by atoms with Crippen LogP contribution in [0, 0.1) is 5.41 Å². The first kappa shape index (κ1) is 16.3. The highest BCUT2D eigenvalue weighted by molar-refractivity contribution is 5.83. The summed E-state index contributed by atoms with van der Waals surface area (Å²) in [4.78, 5) is 24.1. The van der Waals surface area contributed by atoms with Gasteiger partial charge >= 0.3 is 0 Å². The van der Waals surface area contributed by atoms with Crippen LogP contribution in [0.4, 0.5) is 0 Å². The molecule has 1 saturated heterocycles. The van der Waals surface area contributed by atoms with Gasteiger partial charge in [0.05, 0.1) is 5.41 Å². The van der Waals surface area contributed by atoms with E-state index in [1.54, 1.807) is 0 Å². The van der Waals surface area contributed by atoms with Crippen LogP contribution in [-0.4, -0.2) is 37.5 Å². The summed E-state index contributed by atoms with van der Waals surface area (Å²) < 4.78 is 0. The van der Waals surface area contributed by atoms with Crippen molar-refractivity contribution >= 4 is 11.8 Å². The number of carbonyl (C=O) groups is 2. The second-order valence-electron chi connectivity index (χ2n) is 6.51. The Morgan fingerprint density at radius 2 is 2.14 bits per heavy atom. The van der Waals surface area contributed by atoms with Crippen molar-refractivity contribution in [3.8, 4) is 0 Å². The third-order valence-electron chi connectivity index (χ3n) is 4.49. The van der Waals surface area contributed by atoms with Gasteiger partial charge in [-0.25, -0.2) is 0 Å². The zero-order valence-corrected chi connectivity index (χ0v) is 13.2. The molecule has 1 unspecified atom stereocenters. The fraction of sp³-hybridized carbons (Fsp3) is 0.875. The third kappa shape index (κ3) is 4.99. The summed E-state index contributed by atoms with van der Waals surface area (Å²) >= 11 is 0. The van der Waals surface area contributed by atoms with Gasteiger partial charge in [-0.1, -0.05) is 13.3 Å². The molecule has 2 fully saturated rings. The zero-order chi connectivity index (χ0) is 15.1. The van der Waals surface area contributed by atoms with Gasteiger partial charge in [0, 0.05) is 25.6 Å². The highest BCUT2D eigenvalue weighted by atomic mass is 16.2. The number of rotatable bonds is 8. The topological polar surface area (TPSA) is 70.2 Å². The van der Waals surface area contributed by atoms with Gasteiger partial charge in [0.2, 0.25) is 11.8 Å². The molecule has 5 heteroatoms. The summed E-state index contributed by atoms with van der Waals surface area (Å²) in [6.07, 6.45) is 7.48. The van der Waals surface area contributed by atoms with Crippen molar-refractivity contribution in [1.82, 2.24) is 16.0 Å². The summed E-state index contributed by atoms with van der Waals surface area (Å²) in [7, 11) is 0. The molecular weight excluding hydrogens is 266 g/mol. The van der Waals surface area contributed by atoms with Gasteiger partial charge in [0.25, 0.3) is 0 Å². The Bertz CT molecular complexity index is 355. The molecule has 1 aliphatic carbocycles. The molecule has 2 aliphatic rings. The molecule has 1 atom stereocenters. The number of carbonyl (C=O) groups excluding carboxylic acids is 2. The van der Waals surface area contributed by atoms with Crippen LogP contribution in [0.5, 0.6) is 0 Å². The van der Waals surface area contributed by atoms with Gasteiger partial charge in [0.15, 0.2) is 0 Å². The van der Waals surface area contributed by atoms with E-state index in [2.05, 4.69) is 22.9 Å². The molecule has 0 bridgehead atoms. The first-order valence-electron chi connectivity index (χ1n) is 8.45. The molecule has 120 valence electrons. The molecule has 0 aromatic carbocycles. The number of nitrogens with one attached hydrogen (secondary N) is 3. The zero-order valence-electron chi connectivity index (χ0n) is 13.2. The minimum Gasteiger partial charge on any atom is -0.356 e. The Hall–Kier alpha value is -1.10. The SMILES string of the molecule is CCCC1(C(=O)NCCCC(=O)NC2CC2)CCCNC1. The Balaban J connectivity index is 1.67. The predicted octanol–water partition coefficient (Wildman–Crippen LogP) is 1.33. The fourth-order valence-electron chi connectivity index (χ4n) is 3.13. The maximum absolute atomic E-state index is 12.5. The second-order valence-corrected chi connectivity index (χ2v) is 6.51. The number of amides is 2. The number of hydrogen-bond acceptors (Lipinski definition) is 3. The number of hydrogen-bond donors (Lipinski definition) is 3. The molecule has 0 aromatic rings. The van der Waals surface area contributed by atoms with Crippen LogP contribution in [0.25, 0.3) is 0 Å². The molecule has 1 aliphatic heterocycles. The quantitative estimate of drug-likeness (QED) is 0.592. The van der Waals surface area contributed by atoms with Crippen LogP contribution in [0.15, 0.2) is 0 Å². The maximum Gasteiger partial charge on any atom is 0.227 e. The van der Waals surface area contributed by atoms with Crippen LogP contribution >= 0.6 is 0 Å². The van der Waals surface area contributed by atoms with Crippen LogP contribution in [0.1, 0.15) is 58.3 Å². The molecule has 2 rings (SSSR count). The second kappa shape index (κ2) is 7.78. The molecule has 1 heterocycles. The lowest BCUT2D eigenvalue weighted by molar-refractivity contribution is -0.132. The molecule has 5 nitrogen and oxygen atoms in total. The van der Waals surface area contributed by atoms with E-state index < -0.39 is 0 Å². The van der Waals surface area contributed by atoms with E-state index in [0.717, 1.165) is 58.0 Å². The largest absolute Gasteiger partial charge is 0.356 e. The lowest BCUT2D eigenvalue weighted by atomic mass is 9.76. The summed E-state index contributed by atoms with van der Waals surface area (Å²) in [6, 6.07) is 0.424. The van der Waals surface area contributed by atoms with E-state index in [0.29, 0.717) is 19.0 Å². The van der Waals surface area contributed by atoms with Crippen molar-refractivity contribution in [2.75, 3.05) is 19.6 Å². The van der Waals surface area contributed by atoms with Crippen molar-refractivity contribution in [3.63, 3.8) is 0 Å². The average molecular weight is 295 g/mol. The minimum atomic E-state index is -0.233. The van der Waals surface area contributed by atoms with E-state index in [-0.39, 0.29) is 17.2 Å². The molecule has 2 amide bonds. The van der Waals surface area contributed by atoms with Crippen molar-refractivity contribution in [2.45, 2.75) is 64.3 Å². The summed E-state index contributed by atoms with van der Waals surface area (Å²) in [5, 5.41) is 9.37. The normalized spacial score (nSPS) is 25.4. The standard InChI is InChI=1S/C16H29N3O2/c1-2-8-16(9-4-10-17-12-16)15(21)18-11-3-5-14(20)19-13-6-7-13/h13,17H,2-12H2,1H3,(H,18,21)(H,19,20). The first-order valence-corrected chi connectivity index (χ1v) is 8.45. The van der Waals surface area contributed by atoms with E-state index in [4.69, 9.17) is 0 Å². The Kier molecular flexibility index (Phi) is 6.03. The van der Waals surface area contributed by atoms with Crippen molar-refractivity contribution in [2.24, 2.45) is 5.41 Å². The third-order valence-corrected chi connectivity index (χ3v) is 4.49. The Morgan fingerprint density at radius 3 is 2.76 bits per heavy atom. The summed E-state index contributed by atoms with van der Waals surface area (Å²) in [5.41, 5.74) is -0.233. The van der Waals surface area contributed by atoms with E-state index in [1.165, 1.54) is 0 Å². The highest BCUT2D eigenvalue weighted by Crippen LogP contribution is 2.31. The smallest absolute Gasteiger partial charge is 0.227 e. The number of piperidine rings is 1. The molecule has 3 N–H and O–H groups in total. The lowest BCUT2D eigenvalue weighted by Gasteiger charge is -2.36. The van der Waals surface area contributed by atoms with Gasteiger partial charge < -0.3 is 16.0 Å². The average Bonchev–Trinajstić information content (AvgIpc) is 3.28. The first-order chi connectivity index (χ1) is 10.2. The van der Waals surface area contributed by atoms with Gasteiger partial charge in [-0.3, -0.25) is 9.59 Å². The van der Waals surface area contributed by atoms with Crippen molar-refractivity contribution in [1.29, 1.82) is 0 Å². The minimum absolute atomic E-state index is 0.120. The van der Waals surface area contributed by atoms with Gasteiger partial charge in [-0.05, 0) is 45.1 Å². The Labute approximate surface area is 127 Å². The summed E-state index contributed by atoms with van der Waals surface area (Å²) in [6.45, 7) is 4.53. The monoisotopic (exact) mass is 295 g/mol. The van der Waals surface area contributed by atoms with Crippen LogP contribution in [0.2, 0.25) is 0 Å². The van der Waals surface area contributed by atoms with Crippen molar-refractivity contribution < 1.29 is 9.59 Å². The molecule has 0 radical (unpaired) electrons. The van der Waals surface area contributed by atoms with Crippen LogP contribution in [-0.2, 0) is 9.59 Å². The molecule has 0 aromatic heterocycles. The van der Waals surface area contributed by atoms with E-state index >= 15 is 0 Å².